The molecule has 489 valence electrons. The average Bonchev–Trinajstić information content (AvgIpc) is 0.766. The molecule has 15 rings (SSSR count). The summed E-state index contributed by atoms with van der Waals surface area (Å²) in [6.07, 6.45) is 16.0. The number of amides is 1. The van der Waals surface area contributed by atoms with Gasteiger partial charge in [-0.3, -0.25) is 23.5 Å². The molecule has 11 aromatic rings. The standard InChI is InChI=1S/C24H25N3O3S.C24H23N3O3S.C23H20ClN3O3.CH4S.B.2Na.H/c2*1-31-22-7-6-15(12-25-22)10-16-11-19-23(18-5-3-2-4-17(16)18)26-14-27(24(19)29)20-8-9-30-13-21(20)28;24-21-6-5-14(11-25-21)9-15-10-18-22(17-4-2-1-3-16(15)17)26-13-27(23(18)29)19-7-8-30-12-20(19)28;1-2;;;;/h2-7,11-12,20-21,26,28H,8-10,13-14H2,1H3;2-7,11-12,14,20-21,28H,8-10,13H2,1H3;1-6,10-11,13,19-20,28H,7-9,12H2;2H,1H3;;;;/q;;;;;2*+1;-1/p-1/t2*20-,21-;19-,20-;;;;;/m000...../s1. The van der Waals surface area contributed by atoms with Crippen LogP contribution in [0.15, 0.2) is 178 Å². The number of ether oxygens (including phenoxy) is 3. The number of hydrogen-bond donors (Lipinski definition) is 4. The molecule has 4 N–H and O–H groups in total. The molecule has 0 spiro atoms. The van der Waals surface area contributed by atoms with Crippen molar-refractivity contribution in [2.75, 3.05) is 70.4 Å². The second-order valence-corrected chi connectivity index (χ2v) is 25.5. The van der Waals surface area contributed by atoms with Gasteiger partial charge in [0.15, 0.2) is 0 Å². The van der Waals surface area contributed by atoms with Crippen LogP contribution in [0.25, 0.3) is 54.1 Å². The summed E-state index contributed by atoms with van der Waals surface area (Å²) in [4.78, 5) is 64.5. The number of thioether (sulfide) groups is 2. The Morgan fingerprint density at radius 1 is 0.526 bits per heavy atom. The minimum absolute atomic E-state index is 0. The zero-order chi connectivity index (χ0) is 65.4. The van der Waals surface area contributed by atoms with Crippen LogP contribution >= 0.6 is 35.1 Å². The maximum atomic E-state index is 13.5. The average molecular weight is 1400 g/mol. The van der Waals surface area contributed by atoms with Gasteiger partial charge < -0.3 is 53.8 Å². The number of hydrogen-bond acceptors (Lipinski definition) is 18. The molecule has 4 aliphatic rings. The van der Waals surface area contributed by atoms with Crippen molar-refractivity contribution in [2.45, 2.75) is 85.0 Å². The van der Waals surface area contributed by atoms with Crippen LogP contribution in [0, 0.1) is 0 Å². The first-order valence-electron chi connectivity index (χ1n) is 31.1. The number of rotatable bonds is 11. The molecule has 1 amide bonds. The third-order valence-corrected chi connectivity index (χ3v) is 19.3. The van der Waals surface area contributed by atoms with Crippen LogP contribution in [0.1, 0.15) is 76.5 Å². The minimum atomic E-state index is -0.726. The summed E-state index contributed by atoms with van der Waals surface area (Å²) in [6.45, 7) is 2.70. The molecule has 0 bridgehead atoms. The Morgan fingerprint density at radius 2 is 0.918 bits per heavy atom. The number of pyridine rings is 3. The van der Waals surface area contributed by atoms with Crippen LogP contribution < -0.4 is 75.5 Å². The first kappa shape index (κ1) is 75.5. The van der Waals surface area contributed by atoms with Crippen LogP contribution in [0.5, 0.6) is 0 Å². The second-order valence-electron chi connectivity index (χ2n) is 23.4. The fourth-order valence-corrected chi connectivity index (χ4v) is 13.9. The van der Waals surface area contributed by atoms with Gasteiger partial charge in [0.05, 0.1) is 119 Å². The van der Waals surface area contributed by atoms with Gasteiger partial charge in [-0.25, -0.2) is 24.9 Å². The van der Waals surface area contributed by atoms with E-state index in [1.54, 1.807) is 68.7 Å². The summed E-state index contributed by atoms with van der Waals surface area (Å²) in [5.74, 6) is -0.0393. The van der Waals surface area contributed by atoms with Crippen LogP contribution in [-0.4, -0.2) is 158 Å². The fraction of sp³-hybridized carbons (Fsp3) is 0.306. The Labute approximate surface area is 628 Å². The van der Waals surface area contributed by atoms with E-state index in [0.717, 1.165) is 81.4 Å². The van der Waals surface area contributed by atoms with Gasteiger partial charge in [0, 0.05) is 63.0 Å². The molecule has 4 aliphatic heterocycles. The van der Waals surface area contributed by atoms with E-state index in [-0.39, 0.29) is 124 Å². The van der Waals surface area contributed by atoms with Gasteiger partial charge in [-0.2, -0.15) is 6.26 Å². The molecule has 0 saturated carbocycles. The van der Waals surface area contributed by atoms with Crippen LogP contribution in [0.2, 0.25) is 5.15 Å². The summed E-state index contributed by atoms with van der Waals surface area (Å²) in [6, 6.07) is 41.1. The van der Waals surface area contributed by atoms with E-state index in [9.17, 15) is 29.7 Å². The Hall–Kier alpha value is -5.74. The van der Waals surface area contributed by atoms with Crippen molar-refractivity contribution in [2.24, 2.45) is 0 Å². The van der Waals surface area contributed by atoms with Crippen LogP contribution in [0.4, 0.5) is 5.69 Å². The van der Waals surface area contributed by atoms with E-state index < -0.39 is 18.3 Å². The smallest absolute Gasteiger partial charge is 1.00 e. The number of fused-ring (bicyclic) bond motifs is 9. The van der Waals surface area contributed by atoms with Crippen molar-refractivity contribution in [1.82, 2.24) is 39.0 Å². The Balaban J connectivity index is 0.000000181. The van der Waals surface area contributed by atoms with Gasteiger partial charge >= 0.3 is 59.1 Å². The van der Waals surface area contributed by atoms with Gasteiger partial charge in [-0.15, -0.1) is 23.5 Å². The van der Waals surface area contributed by atoms with Crippen molar-refractivity contribution in [3.63, 3.8) is 0 Å². The number of aliphatic hydroxyl groups is 3. The first-order valence-corrected chi connectivity index (χ1v) is 34.8. The van der Waals surface area contributed by atoms with Gasteiger partial charge in [0.2, 0.25) is 0 Å². The van der Waals surface area contributed by atoms with Crippen LogP contribution in [0.3, 0.4) is 0 Å². The van der Waals surface area contributed by atoms with Gasteiger partial charge in [-0.05, 0) is 137 Å². The molecule has 0 aliphatic carbocycles. The van der Waals surface area contributed by atoms with Gasteiger partial charge in [0.1, 0.15) is 5.15 Å². The van der Waals surface area contributed by atoms with Gasteiger partial charge in [0.25, 0.3) is 17.0 Å². The Morgan fingerprint density at radius 3 is 1.32 bits per heavy atom. The van der Waals surface area contributed by atoms with Crippen molar-refractivity contribution >= 4 is 122 Å². The topological polar surface area (TPSA) is 229 Å². The number of nitrogens with zero attached hydrogens (tertiary/aromatic N) is 8. The van der Waals surface area contributed by atoms with Crippen molar-refractivity contribution in [3.05, 3.63) is 223 Å². The quantitative estimate of drug-likeness (QED) is 0.0459. The number of halogens is 1. The molecule has 5 aromatic heterocycles. The number of carbonyl (C=O) groups excluding carboxylic acids is 1. The Kier molecular flexibility index (Phi) is 27.3. The molecule has 9 heterocycles. The predicted molar refractivity (Wildman–Crippen MR) is 382 cm³/mol. The summed E-state index contributed by atoms with van der Waals surface area (Å²) in [7, 11) is 0. The van der Waals surface area contributed by atoms with E-state index in [2.05, 4.69) is 73.2 Å². The third-order valence-electron chi connectivity index (χ3n) is 17.8. The monoisotopic (exact) mass is 1390 g/mol. The summed E-state index contributed by atoms with van der Waals surface area (Å²) >= 11 is 13.2. The largest absolute Gasteiger partial charge is 1.00 e. The van der Waals surface area contributed by atoms with Gasteiger partial charge in [-0.1, -0.05) is 103 Å². The number of anilines is 1. The molecule has 3 fully saturated rings. The van der Waals surface area contributed by atoms with Crippen LogP contribution in [-0.2, 0) is 46.1 Å². The number of aliphatic hydroxyl groups excluding tert-OH is 3. The van der Waals surface area contributed by atoms with Crippen molar-refractivity contribution < 1.29 is 94.9 Å². The second kappa shape index (κ2) is 35.0. The number of aromatic nitrogens is 7. The number of benzene rings is 6. The maximum Gasteiger partial charge on any atom is 1.00 e. The third kappa shape index (κ3) is 16.7. The molecule has 6 atom stereocenters. The minimum Gasteiger partial charge on any atom is -1.00 e. The molecular formula is C72H72BClN9Na2O9S3. The van der Waals surface area contributed by atoms with E-state index in [4.69, 9.17) is 25.8 Å². The zero-order valence-corrected chi connectivity index (χ0v) is 61.9. The first-order chi connectivity index (χ1) is 45.9. The molecule has 3 radical (unpaired) electrons. The maximum absolute atomic E-state index is 13.5. The molecule has 6 aromatic carbocycles. The fourth-order valence-electron chi connectivity index (χ4n) is 13.1. The molecular weight excluding hydrogens is 1320 g/mol. The van der Waals surface area contributed by atoms with E-state index in [1.165, 1.54) is 0 Å². The summed E-state index contributed by atoms with van der Waals surface area (Å²) in [5, 5.41) is 44.3. The summed E-state index contributed by atoms with van der Waals surface area (Å²) < 4.78 is 19.1. The predicted octanol–water partition coefficient (Wildman–Crippen LogP) is 4.52. The number of carbonyl (C=O) groups is 1. The Bertz CT molecular complexity index is 4670. The summed E-state index contributed by atoms with van der Waals surface area (Å²) in [5.41, 5.74) is 9.01. The molecule has 97 heavy (non-hydrogen) atoms. The normalized spacial score (nSPS) is 18.9. The molecule has 25 heteroatoms. The van der Waals surface area contributed by atoms with Crippen molar-refractivity contribution in [3.8, 4) is 0 Å². The van der Waals surface area contributed by atoms with E-state index in [0.29, 0.717) is 97.5 Å². The molecule has 3 saturated heterocycles. The number of nitrogens with one attached hydrogen (secondary N) is 1. The zero-order valence-electron chi connectivity index (χ0n) is 55.7. The SMILES string of the molecule is CSc1ccc(Cc2cc3c(=O)n([C@H]4CCOC[C@@H]4O)cnc3c3ccccc23)cn1.CSc1ccc(Cc2cc3c(c4ccccc24)NCN([C@H]2CCOC[C@@H]2O)C3=O)cn1.C[S-].O=c1c2cc(Cc3ccc(Cl)nc3)c3ccccc3c2ncn1[C@H]1CCOC[C@@H]1O.[B].[H-].[Na+].[Na+]. The van der Waals surface area contributed by atoms with E-state index in [1.807, 2.05) is 116 Å². The molecule has 0 unspecified atom stereocenters. The molecule has 18 nitrogen and oxygen atoms in total. The van der Waals surface area contributed by atoms with Crippen molar-refractivity contribution in [1.29, 1.82) is 0 Å². The van der Waals surface area contributed by atoms with E-state index >= 15 is 0 Å².